The van der Waals surface area contributed by atoms with Gasteiger partial charge in [0.15, 0.2) is 9.84 Å². The molecule has 0 aromatic heterocycles. The summed E-state index contributed by atoms with van der Waals surface area (Å²) in [6.07, 6.45) is 0.997. The van der Waals surface area contributed by atoms with Gasteiger partial charge in [0.05, 0.1) is 6.07 Å². The summed E-state index contributed by atoms with van der Waals surface area (Å²) in [6, 6.07) is 8.49. The molecule has 0 spiro atoms. The van der Waals surface area contributed by atoms with Gasteiger partial charge in [0.25, 0.3) is 0 Å². The molecular weight excluding hydrogens is 300 g/mol. The molecule has 0 saturated heterocycles. The zero-order chi connectivity index (χ0) is 17.1. The summed E-state index contributed by atoms with van der Waals surface area (Å²) < 4.78 is 22.8. The number of benzene rings is 1. The second-order valence-corrected chi connectivity index (χ2v) is 8.78. The third kappa shape index (κ3) is 4.57. The Morgan fingerprint density at radius 1 is 1.23 bits per heavy atom. The van der Waals surface area contributed by atoms with Gasteiger partial charge in [-0.3, -0.25) is 4.79 Å². The molecule has 2 atom stereocenters. The lowest BCUT2D eigenvalue weighted by Crippen LogP contribution is -2.39. The topological polar surface area (TPSA) is 87.0 Å². The van der Waals surface area contributed by atoms with E-state index in [0.29, 0.717) is 5.56 Å². The third-order valence-corrected chi connectivity index (χ3v) is 5.04. The first-order chi connectivity index (χ1) is 9.96. The van der Waals surface area contributed by atoms with Crippen molar-refractivity contribution >= 4 is 15.7 Å². The highest BCUT2D eigenvalue weighted by atomic mass is 32.2. The van der Waals surface area contributed by atoms with Gasteiger partial charge in [-0.05, 0) is 23.5 Å². The average Bonchev–Trinajstić information content (AvgIpc) is 2.41. The Morgan fingerprint density at radius 2 is 1.73 bits per heavy atom. The van der Waals surface area contributed by atoms with Crippen LogP contribution in [0.1, 0.15) is 44.9 Å². The van der Waals surface area contributed by atoms with Crippen molar-refractivity contribution < 1.29 is 13.2 Å². The van der Waals surface area contributed by atoms with Crippen molar-refractivity contribution in [2.24, 2.45) is 0 Å². The van der Waals surface area contributed by atoms with E-state index in [9.17, 15) is 18.5 Å². The van der Waals surface area contributed by atoms with E-state index in [0.717, 1.165) is 11.8 Å². The number of carbonyl (C=O) groups excluding carboxylic acids is 1. The highest BCUT2D eigenvalue weighted by Gasteiger charge is 2.26. The summed E-state index contributed by atoms with van der Waals surface area (Å²) in [4.78, 5) is 11.9. The Kier molecular flexibility index (Phi) is 5.36. The molecule has 0 bridgehead atoms. The fraction of sp³-hybridized carbons (Fsp3) is 0.500. The van der Waals surface area contributed by atoms with E-state index in [2.05, 4.69) is 26.1 Å². The molecule has 0 heterocycles. The molecule has 6 heteroatoms. The van der Waals surface area contributed by atoms with Gasteiger partial charge in [-0.25, -0.2) is 8.42 Å². The van der Waals surface area contributed by atoms with Gasteiger partial charge in [0.2, 0.25) is 5.91 Å². The van der Waals surface area contributed by atoms with Crippen molar-refractivity contribution in [1.29, 1.82) is 5.26 Å². The molecule has 0 aliphatic rings. The van der Waals surface area contributed by atoms with Crippen LogP contribution in [0, 0.1) is 11.3 Å². The lowest BCUT2D eigenvalue weighted by Gasteiger charge is -2.20. The SMILES string of the molecule is C[C@H](C(=O)N[C@@H](C#N)c1ccc(C(C)(C)C)cc1)S(C)(=O)=O. The molecule has 0 aliphatic heterocycles. The number of nitrogens with one attached hydrogen (secondary N) is 1. The van der Waals surface area contributed by atoms with Crippen LogP contribution in [0.15, 0.2) is 24.3 Å². The summed E-state index contributed by atoms with van der Waals surface area (Å²) in [5.41, 5.74) is 1.74. The number of carbonyl (C=O) groups is 1. The molecule has 1 N–H and O–H groups in total. The van der Waals surface area contributed by atoms with Gasteiger partial charge < -0.3 is 5.32 Å². The summed E-state index contributed by atoms with van der Waals surface area (Å²) in [5, 5.41) is 10.5. The zero-order valence-corrected chi connectivity index (χ0v) is 14.4. The van der Waals surface area contributed by atoms with Crippen LogP contribution in [-0.4, -0.2) is 25.8 Å². The van der Waals surface area contributed by atoms with Gasteiger partial charge in [0, 0.05) is 6.26 Å². The summed E-state index contributed by atoms with van der Waals surface area (Å²) >= 11 is 0. The van der Waals surface area contributed by atoms with E-state index in [1.54, 1.807) is 12.1 Å². The van der Waals surface area contributed by atoms with Crippen LogP contribution < -0.4 is 5.32 Å². The number of sulfone groups is 1. The number of rotatable bonds is 4. The number of amides is 1. The van der Waals surface area contributed by atoms with Crippen molar-refractivity contribution in [3.05, 3.63) is 35.4 Å². The molecule has 0 unspecified atom stereocenters. The quantitative estimate of drug-likeness (QED) is 0.919. The maximum atomic E-state index is 11.9. The number of nitriles is 1. The first-order valence-electron chi connectivity index (χ1n) is 6.96. The van der Waals surface area contributed by atoms with E-state index >= 15 is 0 Å². The fourth-order valence-corrected chi connectivity index (χ4v) is 2.28. The van der Waals surface area contributed by atoms with E-state index in [-0.39, 0.29) is 5.41 Å². The smallest absolute Gasteiger partial charge is 0.239 e. The minimum absolute atomic E-state index is 0.00524. The largest absolute Gasteiger partial charge is 0.336 e. The van der Waals surface area contributed by atoms with Gasteiger partial charge >= 0.3 is 0 Å². The molecule has 120 valence electrons. The van der Waals surface area contributed by atoms with E-state index in [1.807, 2.05) is 18.2 Å². The highest BCUT2D eigenvalue weighted by Crippen LogP contribution is 2.24. The van der Waals surface area contributed by atoms with Crippen LogP contribution in [0.25, 0.3) is 0 Å². The summed E-state index contributed by atoms with van der Waals surface area (Å²) in [5.74, 6) is -0.672. The Labute approximate surface area is 132 Å². The third-order valence-electron chi connectivity index (χ3n) is 3.54. The van der Waals surface area contributed by atoms with Crippen LogP contribution in [0.5, 0.6) is 0 Å². The van der Waals surface area contributed by atoms with Gasteiger partial charge in [0.1, 0.15) is 11.3 Å². The molecule has 22 heavy (non-hydrogen) atoms. The van der Waals surface area contributed by atoms with Gasteiger partial charge in [-0.15, -0.1) is 0 Å². The van der Waals surface area contributed by atoms with Gasteiger partial charge in [-0.2, -0.15) is 5.26 Å². The minimum Gasteiger partial charge on any atom is -0.336 e. The number of nitrogens with zero attached hydrogens (tertiary/aromatic N) is 1. The van der Waals surface area contributed by atoms with E-state index in [4.69, 9.17) is 0 Å². The van der Waals surface area contributed by atoms with Crippen molar-refractivity contribution in [2.75, 3.05) is 6.26 Å². The normalized spacial score (nSPS) is 14.7. The number of hydrogen-bond acceptors (Lipinski definition) is 4. The van der Waals surface area contributed by atoms with Gasteiger partial charge in [-0.1, -0.05) is 45.0 Å². The average molecular weight is 322 g/mol. The molecular formula is C16H22N2O3S. The Bertz CT molecular complexity index is 680. The maximum Gasteiger partial charge on any atom is 0.239 e. The van der Waals surface area contributed by atoms with Crippen molar-refractivity contribution in [1.82, 2.24) is 5.32 Å². The molecule has 0 fully saturated rings. The molecule has 1 rings (SSSR count). The van der Waals surface area contributed by atoms with Crippen LogP contribution in [0.3, 0.4) is 0 Å². The molecule has 1 amide bonds. The molecule has 1 aromatic rings. The lowest BCUT2D eigenvalue weighted by atomic mass is 9.86. The van der Waals surface area contributed by atoms with E-state index in [1.165, 1.54) is 6.92 Å². The Balaban J connectivity index is 2.94. The fourth-order valence-electron chi connectivity index (χ4n) is 1.82. The monoisotopic (exact) mass is 322 g/mol. The van der Waals surface area contributed by atoms with Crippen LogP contribution in [0.2, 0.25) is 0 Å². The predicted octanol–water partition coefficient (Wildman–Crippen LogP) is 2.10. The second-order valence-electron chi connectivity index (χ2n) is 6.41. The van der Waals surface area contributed by atoms with Crippen LogP contribution in [-0.2, 0) is 20.0 Å². The molecule has 0 saturated carbocycles. The van der Waals surface area contributed by atoms with Crippen molar-refractivity contribution in [3.63, 3.8) is 0 Å². The Morgan fingerprint density at radius 3 is 2.09 bits per heavy atom. The molecule has 0 radical (unpaired) electrons. The molecule has 5 nitrogen and oxygen atoms in total. The minimum atomic E-state index is -3.49. The second kappa shape index (κ2) is 6.49. The maximum absolute atomic E-state index is 11.9. The first kappa shape index (κ1) is 18.2. The molecule has 0 aliphatic carbocycles. The standard InChI is InChI=1S/C16H22N2O3S/c1-11(22(5,20)21)15(19)18-14(10-17)12-6-8-13(9-7-12)16(2,3)4/h6-9,11,14H,1-5H3,(H,18,19)/t11-,14+/m1/s1. The van der Waals surface area contributed by atoms with Crippen LogP contribution in [0.4, 0.5) is 0 Å². The van der Waals surface area contributed by atoms with Crippen molar-refractivity contribution in [2.45, 2.75) is 44.4 Å². The lowest BCUT2D eigenvalue weighted by molar-refractivity contribution is -0.120. The molecule has 1 aromatic carbocycles. The van der Waals surface area contributed by atoms with Crippen molar-refractivity contribution in [3.8, 4) is 6.07 Å². The zero-order valence-electron chi connectivity index (χ0n) is 13.5. The number of hydrogen-bond donors (Lipinski definition) is 1. The van der Waals surface area contributed by atoms with Crippen LogP contribution >= 0.6 is 0 Å². The highest BCUT2D eigenvalue weighted by molar-refractivity contribution is 7.92. The Hall–Kier alpha value is -1.87. The summed E-state index contributed by atoms with van der Waals surface area (Å²) in [6.45, 7) is 7.56. The summed E-state index contributed by atoms with van der Waals surface area (Å²) in [7, 11) is -3.49. The first-order valence-corrected chi connectivity index (χ1v) is 8.91. The van der Waals surface area contributed by atoms with E-state index < -0.39 is 27.0 Å². The predicted molar refractivity (Wildman–Crippen MR) is 85.9 cm³/mol.